The molecule has 1 aliphatic rings. The minimum absolute atomic E-state index is 0.0325. The van der Waals surface area contributed by atoms with Crippen LogP contribution in [-0.2, 0) is 16.2 Å². The topological polar surface area (TPSA) is 98.1 Å². The van der Waals surface area contributed by atoms with Crippen LogP contribution in [0.4, 0.5) is 8.78 Å². The van der Waals surface area contributed by atoms with E-state index in [0.29, 0.717) is 45.6 Å². The summed E-state index contributed by atoms with van der Waals surface area (Å²) in [5.41, 5.74) is 2.80. The number of hydrogen-bond acceptors (Lipinski definition) is 5. The Kier molecular flexibility index (Phi) is 6.98. The van der Waals surface area contributed by atoms with Gasteiger partial charge in [-0.1, -0.05) is 23.7 Å². The summed E-state index contributed by atoms with van der Waals surface area (Å²) in [6, 6.07) is 8.41. The van der Waals surface area contributed by atoms with Crippen LogP contribution in [0, 0.1) is 18.6 Å². The van der Waals surface area contributed by atoms with E-state index in [1.54, 1.807) is 25.1 Å². The van der Waals surface area contributed by atoms with Gasteiger partial charge in [0.25, 0.3) is 0 Å². The summed E-state index contributed by atoms with van der Waals surface area (Å²) < 4.78 is 35.6. The van der Waals surface area contributed by atoms with Crippen LogP contribution in [-0.4, -0.2) is 32.6 Å². The number of nitrogens with one attached hydrogen (secondary N) is 2. The fourth-order valence-electron chi connectivity index (χ4n) is 4.58. The van der Waals surface area contributed by atoms with Gasteiger partial charge in [-0.25, -0.2) is 18.4 Å². The van der Waals surface area contributed by atoms with Crippen molar-refractivity contribution < 1.29 is 23.1 Å². The number of aryl methyl sites for hydroxylation is 1. The number of benzene rings is 2. The molecular formula is C27H24ClF2N5O3. The van der Waals surface area contributed by atoms with Gasteiger partial charge >= 0.3 is 0 Å². The first-order valence-corrected chi connectivity index (χ1v) is 12.4. The van der Waals surface area contributed by atoms with E-state index in [1.807, 2.05) is 13.0 Å². The second-order valence-corrected chi connectivity index (χ2v) is 9.58. The standard InChI is InChI=1S/C27H24ClF2N5O3/c1-14-8-23(35-12-17(30)11-31-35)18-4-3-5-24(26(18)32-14)38-13-20-19(9-16(29)10-21(20)28)15(2)33-27(37)22-6-7-25(36)34-22/h3-5,8-12,15,22H,6-7,13H2,1-2H3,(H,33,37)(H,34,36)/t15-,22-/m0/s1. The van der Waals surface area contributed by atoms with Gasteiger partial charge in [0.05, 0.1) is 29.1 Å². The molecule has 8 nitrogen and oxygen atoms in total. The lowest BCUT2D eigenvalue weighted by Crippen LogP contribution is -2.42. The minimum Gasteiger partial charge on any atom is -0.487 e. The third kappa shape index (κ3) is 5.17. The predicted octanol–water partition coefficient (Wildman–Crippen LogP) is 4.70. The van der Waals surface area contributed by atoms with Crippen LogP contribution in [0.1, 0.15) is 42.6 Å². The van der Waals surface area contributed by atoms with Crippen LogP contribution < -0.4 is 15.4 Å². The Bertz CT molecular complexity index is 1560. The fraction of sp³-hybridized carbons (Fsp3) is 0.259. The van der Waals surface area contributed by atoms with Gasteiger partial charge < -0.3 is 15.4 Å². The van der Waals surface area contributed by atoms with Crippen molar-refractivity contribution in [2.75, 3.05) is 0 Å². The van der Waals surface area contributed by atoms with Gasteiger partial charge in [0.1, 0.15) is 29.7 Å². The normalized spacial score (nSPS) is 15.9. The molecule has 2 N–H and O–H groups in total. The van der Waals surface area contributed by atoms with E-state index in [2.05, 4.69) is 20.7 Å². The monoisotopic (exact) mass is 539 g/mol. The van der Waals surface area contributed by atoms with E-state index in [1.165, 1.54) is 23.0 Å². The summed E-state index contributed by atoms with van der Waals surface area (Å²) in [5, 5.41) is 10.4. The lowest BCUT2D eigenvalue weighted by molar-refractivity contribution is -0.126. The number of nitrogens with zero attached hydrogens (tertiary/aromatic N) is 3. The van der Waals surface area contributed by atoms with Gasteiger partial charge in [-0.05, 0) is 50.1 Å². The molecule has 196 valence electrons. The summed E-state index contributed by atoms with van der Waals surface area (Å²) in [5.74, 6) is -1.11. The SMILES string of the molecule is Cc1cc(-n2cc(F)cn2)c2cccc(OCc3c(Cl)cc(F)cc3[C@H](C)NC(=O)[C@@H]3CCC(=O)N3)c2n1. The predicted molar refractivity (Wildman–Crippen MR) is 137 cm³/mol. The number of hydrogen-bond donors (Lipinski definition) is 2. The highest BCUT2D eigenvalue weighted by atomic mass is 35.5. The van der Waals surface area contributed by atoms with E-state index in [-0.39, 0.29) is 29.9 Å². The quantitative estimate of drug-likeness (QED) is 0.355. The van der Waals surface area contributed by atoms with Crippen LogP contribution >= 0.6 is 11.6 Å². The number of rotatable bonds is 7. The Morgan fingerprint density at radius 2 is 2.11 bits per heavy atom. The van der Waals surface area contributed by atoms with E-state index in [0.717, 1.165) is 6.20 Å². The van der Waals surface area contributed by atoms with Crippen molar-refractivity contribution in [3.8, 4) is 11.4 Å². The molecule has 11 heteroatoms. The first-order valence-electron chi connectivity index (χ1n) is 12.0. The van der Waals surface area contributed by atoms with Crippen LogP contribution in [0.3, 0.4) is 0 Å². The molecule has 3 heterocycles. The lowest BCUT2D eigenvalue weighted by Gasteiger charge is -2.21. The number of aromatic nitrogens is 3. The van der Waals surface area contributed by atoms with Gasteiger partial charge in [-0.3, -0.25) is 9.59 Å². The minimum atomic E-state index is -0.629. The molecule has 2 aromatic carbocycles. The highest BCUT2D eigenvalue weighted by Crippen LogP contribution is 2.32. The van der Waals surface area contributed by atoms with Crippen molar-refractivity contribution in [3.05, 3.63) is 82.3 Å². The first kappa shape index (κ1) is 25.6. The molecule has 0 unspecified atom stereocenters. The number of fused-ring (bicyclic) bond motifs is 1. The van der Waals surface area contributed by atoms with Crippen molar-refractivity contribution in [1.29, 1.82) is 0 Å². The highest BCUT2D eigenvalue weighted by molar-refractivity contribution is 6.31. The van der Waals surface area contributed by atoms with E-state index in [4.69, 9.17) is 16.3 Å². The molecule has 0 radical (unpaired) electrons. The molecule has 4 aromatic rings. The van der Waals surface area contributed by atoms with Crippen molar-refractivity contribution in [1.82, 2.24) is 25.4 Å². The number of amides is 2. The van der Waals surface area contributed by atoms with E-state index in [9.17, 15) is 18.4 Å². The average molecular weight is 540 g/mol. The van der Waals surface area contributed by atoms with Gasteiger partial charge in [-0.15, -0.1) is 0 Å². The Morgan fingerprint density at radius 3 is 2.82 bits per heavy atom. The Labute approximate surface area is 222 Å². The maximum Gasteiger partial charge on any atom is 0.243 e. The van der Waals surface area contributed by atoms with Crippen molar-refractivity contribution in [2.24, 2.45) is 0 Å². The summed E-state index contributed by atoms with van der Waals surface area (Å²) in [4.78, 5) is 28.8. The van der Waals surface area contributed by atoms with Crippen molar-refractivity contribution in [3.63, 3.8) is 0 Å². The van der Waals surface area contributed by atoms with Gasteiger partial charge in [-0.2, -0.15) is 5.10 Å². The number of pyridine rings is 1. The molecule has 2 amide bonds. The second-order valence-electron chi connectivity index (χ2n) is 9.17. The Morgan fingerprint density at radius 1 is 1.29 bits per heavy atom. The van der Waals surface area contributed by atoms with Crippen molar-refractivity contribution in [2.45, 2.75) is 45.4 Å². The number of halogens is 3. The third-order valence-corrected chi connectivity index (χ3v) is 6.75. The van der Waals surface area contributed by atoms with Crippen molar-refractivity contribution >= 4 is 34.3 Å². The molecule has 38 heavy (non-hydrogen) atoms. The third-order valence-electron chi connectivity index (χ3n) is 6.41. The number of carbonyl (C=O) groups is 2. The zero-order chi connectivity index (χ0) is 27.0. The molecule has 1 saturated heterocycles. The van der Waals surface area contributed by atoms with Crippen LogP contribution in [0.15, 0.2) is 48.8 Å². The Balaban J connectivity index is 1.44. The average Bonchev–Trinajstić information content (AvgIpc) is 3.50. The summed E-state index contributed by atoms with van der Waals surface area (Å²) in [7, 11) is 0. The number of ether oxygens (including phenoxy) is 1. The molecule has 0 saturated carbocycles. The maximum absolute atomic E-state index is 14.3. The van der Waals surface area contributed by atoms with E-state index >= 15 is 0 Å². The molecule has 2 aromatic heterocycles. The van der Waals surface area contributed by atoms with Crippen LogP contribution in [0.2, 0.25) is 5.02 Å². The molecule has 1 fully saturated rings. The summed E-state index contributed by atoms with van der Waals surface area (Å²) >= 11 is 6.43. The number of para-hydroxylation sites is 1. The first-order chi connectivity index (χ1) is 18.2. The zero-order valence-electron chi connectivity index (χ0n) is 20.6. The van der Waals surface area contributed by atoms with Gasteiger partial charge in [0.15, 0.2) is 5.82 Å². The molecule has 0 aliphatic carbocycles. The lowest BCUT2D eigenvalue weighted by atomic mass is 10.0. The summed E-state index contributed by atoms with van der Waals surface area (Å²) in [6.45, 7) is 3.49. The fourth-order valence-corrected chi connectivity index (χ4v) is 4.85. The maximum atomic E-state index is 14.3. The van der Waals surface area contributed by atoms with Crippen LogP contribution in [0.25, 0.3) is 16.6 Å². The smallest absolute Gasteiger partial charge is 0.243 e. The van der Waals surface area contributed by atoms with E-state index < -0.39 is 23.7 Å². The zero-order valence-corrected chi connectivity index (χ0v) is 21.4. The molecule has 0 spiro atoms. The van der Waals surface area contributed by atoms with Crippen LogP contribution in [0.5, 0.6) is 5.75 Å². The molecule has 5 rings (SSSR count). The Hall–Kier alpha value is -4.05. The largest absolute Gasteiger partial charge is 0.487 e. The number of carbonyl (C=O) groups excluding carboxylic acids is 2. The molecule has 1 aliphatic heterocycles. The van der Waals surface area contributed by atoms with Gasteiger partial charge in [0.2, 0.25) is 11.8 Å². The molecule has 0 bridgehead atoms. The highest BCUT2D eigenvalue weighted by Gasteiger charge is 2.29. The summed E-state index contributed by atoms with van der Waals surface area (Å²) in [6.07, 6.45) is 3.09. The molecular weight excluding hydrogens is 516 g/mol. The van der Waals surface area contributed by atoms with Gasteiger partial charge in [0, 0.05) is 23.1 Å². The molecule has 2 atom stereocenters. The second kappa shape index (κ2) is 10.4.